The Morgan fingerprint density at radius 1 is 1.10 bits per heavy atom. The van der Waals surface area contributed by atoms with Crippen molar-refractivity contribution in [2.45, 2.75) is 38.8 Å². The predicted molar refractivity (Wildman–Crippen MR) is 117 cm³/mol. The molecule has 0 aliphatic carbocycles. The number of ether oxygens (including phenoxy) is 1. The van der Waals surface area contributed by atoms with Crippen molar-refractivity contribution in [1.29, 1.82) is 0 Å². The summed E-state index contributed by atoms with van der Waals surface area (Å²) in [7, 11) is 0. The molecule has 1 aliphatic heterocycles. The van der Waals surface area contributed by atoms with Gasteiger partial charge in [0.15, 0.2) is 0 Å². The van der Waals surface area contributed by atoms with Gasteiger partial charge in [0.2, 0.25) is 5.88 Å². The van der Waals surface area contributed by atoms with Crippen molar-refractivity contribution >= 4 is 28.6 Å². The summed E-state index contributed by atoms with van der Waals surface area (Å²) in [5.41, 5.74) is 1.87. The summed E-state index contributed by atoms with van der Waals surface area (Å²) in [4.78, 5) is 15.1. The lowest BCUT2D eigenvalue weighted by atomic mass is 10.0. The van der Waals surface area contributed by atoms with Crippen molar-refractivity contribution in [3.63, 3.8) is 0 Å². The molecule has 3 aromatic rings. The van der Waals surface area contributed by atoms with Gasteiger partial charge < -0.3 is 15.0 Å². The van der Waals surface area contributed by atoms with Crippen molar-refractivity contribution in [3.8, 4) is 11.6 Å². The lowest BCUT2D eigenvalue weighted by Gasteiger charge is -2.34. The molecule has 6 heteroatoms. The van der Waals surface area contributed by atoms with Crippen LogP contribution in [0.15, 0.2) is 54.6 Å². The number of carbonyl (C=O) groups excluding carboxylic acids is 1. The largest absolute Gasteiger partial charge is 0.414 e. The number of halogens is 1. The van der Waals surface area contributed by atoms with Crippen LogP contribution in [0.25, 0.3) is 16.6 Å². The SMILES string of the molecule is CC(C)N1CCC(NC(=O)Oc2cc3ccccc3n2-c2ccc(Cl)cc2)CC1. The summed E-state index contributed by atoms with van der Waals surface area (Å²) in [5, 5.41) is 4.71. The van der Waals surface area contributed by atoms with E-state index in [0.717, 1.165) is 42.5 Å². The number of benzene rings is 2. The van der Waals surface area contributed by atoms with Crippen LogP contribution in [-0.2, 0) is 0 Å². The fraction of sp³-hybridized carbons (Fsp3) is 0.348. The van der Waals surface area contributed by atoms with Crippen LogP contribution in [0.1, 0.15) is 26.7 Å². The van der Waals surface area contributed by atoms with Gasteiger partial charge in [-0.05, 0) is 57.0 Å². The van der Waals surface area contributed by atoms with Crippen molar-refractivity contribution in [3.05, 3.63) is 59.6 Å². The molecule has 1 fully saturated rings. The number of hydrogen-bond donors (Lipinski definition) is 1. The van der Waals surface area contributed by atoms with Crippen molar-refractivity contribution in [1.82, 2.24) is 14.8 Å². The zero-order valence-corrected chi connectivity index (χ0v) is 17.5. The normalized spacial score (nSPS) is 15.7. The third-order valence-electron chi connectivity index (χ3n) is 5.54. The first kappa shape index (κ1) is 19.8. The first-order chi connectivity index (χ1) is 14.0. The van der Waals surface area contributed by atoms with Crippen LogP contribution in [0, 0.1) is 0 Å². The highest BCUT2D eigenvalue weighted by atomic mass is 35.5. The molecular weight excluding hydrogens is 386 g/mol. The number of nitrogens with one attached hydrogen (secondary N) is 1. The summed E-state index contributed by atoms with van der Waals surface area (Å²) in [6.45, 7) is 6.40. The molecule has 2 aromatic carbocycles. The van der Waals surface area contributed by atoms with E-state index in [4.69, 9.17) is 16.3 Å². The summed E-state index contributed by atoms with van der Waals surface area (Å²) >= 11 is 6.05. The first-order valence-electron chi connectivity index (χ1n) is 10.1. The highest BCUT2D eigenvalue weighted by Crippen LogP contribution is 2.30. The average Bonchev–Trinajstić information content (AvgIpc) is 3.06. The third-order valence-corrected chi connectivity index (χ3v) is 5.79. The number of carbonyl (C=O) groups is 1. The Hall–Kier alpha value is -2.50. The van der Waals surface area contributed by atoms with Gasteiger partial charge in [0.05, 0.1) is 5.52 Å². The van der Waals surface area contributed by atoms with Crippen molar-refractivity contribution in [2.75, 3.05) is 13.1 Å². The quantitative estimate of drug-likeness (QED) is 0.638. The van der Waals surface area contributed by atoms with Crippen molar-refractivity contribution in [2.24, 2.45) is 0 Å². The van der Waals surface area contributed by atoms with E-state index in [1.807, 2.05) is 59.2 Å². The van der Waals surface area contributed by atoms with Crippen LogP contribution in [0.4, 0.5) is 4.79 Å². The molecule has 152 valence electrons. The lowest BCUT2D eigenvalue weighted by Crippen LogP contribution is -2.47. The molecule has 0 bridgehead atoms. The lowest BCUT2D eigenvalue weighted by molar-refractivity contribution is 0.151. The van der Waals surface area contributed by atoms with E-state index in [9.17, 15) is 4.79 Å². The highest BCUT2D eigenvalue weighted by molar-refractivity contribution is 6.30. The van der Waals surface area contributed by atoms with Crippen LogP contribution in [0.5, 0.6) is 5.88 Å². The van der Waals surface area contributed by atoms with Gasteiger partial charge in [-0.15, -0.1) is 0 Å². The minimum Gasteiger partial charge on any atom is -0.393 e. The molecule has 0 saturated carbocycles. The molecule has 1 aliphatic rings. The molecule has 1 saturated heterocycles. The molecule has 1 N–H and O–H groups in total. The van der Waals surface area contributed by atoms with Gasteiger partial charge in [0.25, 0.3) is 0 Å². The maximum atomic E-state index is 12.6. The Morgan fingerprint density at radius 2 is 1.79 bits per heavy atom. The monoisotopic (exact) mass is 411 g/mol. The minimum absolute atomic E-state index is 0.144. The second kappa shape index (κ2) is 8.47. The molecule has 0 unspecified atom stereocenters. The molecule has 4 rings (SSSR count). The van der Waals surface area contributed by atoms with Gasteiger partial charge in [0, 0.05) is 47.3 Å². The number of para-hydroxylation sites is 1. The first-order valence-corrected chi connectivity index (χ1v) is 10.5. The number of likely N-dealkylation sites (tertiary alicyclic amines) is 1. The molecule has 0 atom stereocenters. The predicted octanol–water partition coefficient (Wildman–Crippen LogP) is 5.25. The number of hydrogen-bond acceptors (Lipinski definition) is 3. The molecule has 0 radical (unpaired) electrons. The van der Waals surface area contributed by atoms with E-state index in [2.05, 4.69) is 24.1 Å². The van der Waals surface area contributed by atoms with E-state index < -0.39 is 6.09 Å². The molecule has 2 heterocycles. The molecular formula is C23H26ClN3O2. The number of rotatable bonds is 4. The van der Waals surface area contributed by atoms with E-state index in [-0.39, 0.29) is 6.04 Å². The Balaban J connectivity index is 1.53. The van der Waals surface area contributed by atoms with Gasteiger partial charge in [-0.2, -0.15) is 0 Å². The van der Waals surface area contributed by atoms with Gasteiger partial charge in [-0.1, -0.05) is 29.8 Å². The fourth-order valence-corrected chi connectivity index (χ4v) is 4.04. The van der Waals surface area contributed by atoms with Crippen LogP contribution in [-0.4, -0.2) is 40.7 Å². The summed E-state index contributed by atoms with van der Waals surface area (Å²) in [6.07, 6.45) is 1.46. The van der Waals surface area contributed by atoms with Gasteiger partial charge in [-0.25, -0.2) is 4.79 Å². The smallest absolute Gasteiger partial charge is 0.393 e. The van der Waals surface area contributed by atoms with Gasteiger partial charge >= 0.3 is 6.09 Å². The van der Waals surface area contributed by atoms with Crippen LogP contribution in [0.2, 0.25) is 5.02 Å². The maximum absolute atomic E-state index is 12.6. The third kappa shape index (κ3) is 4.41. The van der Waals surface area contributed by atoms with E-state index in [1.54, 1.807) is 0 Å². The van der Waals surface area contributed by atoms with Crippen LogP contribution in [0.3, 0.4) is 0 Å². The molecule has 29 heavy (non-hydrogen) atoms. The average molecular weight is 412 g/mol. The molecule has 5 nitrogen and oxygen atoms in total. The Kier molecular flexibility index (Phi) is 5.79. The summed E-state index contributed by atoms with van der Waals surface area (Å²) in [5.74, 6) is 0.491. The van der Waals surface area contributed by atoms with E-state index >= 15 is 0 Å². The molecule has 0 spiro atoms. The van der Waals surface area contributed by atoms with Crippen LogP contribution < -0.4 is 10.1 Å². The zero-order chi connectivity index (χ0) is 20.4. The topological polar surface area (TPSA) is 46.5 Å². The Bertz CT molecular complexity index is 989. The second-order valence-corrected chi connectivity index (χ2v) is 8.23. The Labute approximate surface area is 176 Å². The number of aromatic nitrogens is 1. The molecule has 1 aromatic heterocycles. The zero-order valence-electron chi connectivity index (χ0n) is 16.8. The minimum atomic E-state index is -0.411. The standard InChI is InChI=1S/C23H26ClN3O2/c1-16(2)26-13-11-19(12-14-26)25-23(28)29-22-15-17-5-3-4-6-21(17)27(22)20-9-7-18(24)8-10-20/h3-10,15-16,19H,11-14H2,1-2H3,(H,25,28). The van der Waals surface area contributed by atoms with Crippen molar-refractivity contribution < 1.29 is 9.53 Å². The summed E-state index contributed by atoms with van der Waals surface area (Å²) in [6, 6.07) is 18.0. The number of piperidine rings is 1. The van der Waals surface area contributed by atoms with Crippen LogP contribution >= 0.6 is 11.6 Å². The maximum Gasteiger partial charge on any atom is 0.414 e. The molecule has 1 amide bonds. The van der Waals surface area contributed by atoms with E-state index in [1.165, 1.54) is 0 Å². The summed E-state index contributed by atoms with van der Waals surface area (Å²) < 4.78 is 7.70. The number of nitrogens with zero attached hydrogens (tertiary/aromatic N) is 2. The number of amides is 1. The number of fused-ring (bicyclic) bond motifs is 1. The fourth-order valence-electron chi connectivity index (χ4n) is 3.91. The van der Waals surface area contributed by atoms with Gasteiger partial charge in [0.1, 0.15) is 0 Å². The second-order valence-electron chi connectivity index (χ2n) is 7.79. The Morgan fingerprint density at radius 3 is 2.48 bits per heavy atom. The van der Waals surface area contributed by atoms with Gasteiger partial charge in [-0.3, -0.25) is 4.57 Å². The van der Waals surface area contributed by atoms with E-state index in [0.29, 0.717) is 16.9 Å². The highest BCUT2D eigenvalue weighted by Gasteiger charge is 2.23.